The Labute approximate surface area is 491 Å². The summed E-state index contributed by atoms with van der Waals surface area (Å²) in [5.74, 6) is -7.84. The number of nitrogens with zero attached hydrogens (tertiary/aromatic N) is 6. The summed E-state index contributed by atoms with van der Waals surface area (Å²) < 4.78 is 0. The van der Waals surface area contributed by atoms with E-state index in [9.17, 15) is 52.7 Å². The van der Waals surface area contributed by atoms with Crippen LogP contribution in [-0.2, 0) is 52.7 Å². The zero-order valence-electron chi connectivity index (χ0n) is 54.0. The maximum Gasteiger partial charge on any atom is 0.246 e. The summed E-state index contributed by atoms with van der Waals surface area (Å²) in [4.78, 5) is 166. The first-order chi connectivity index (χ1) is 37.9. The van der Waals surface area contributed by atoms with Gasteiger partial charge in [0.1, 0.15) is 59.9 Å². The minimum absolute atomic E-state index is 0.102. The summed E-state index contributed by atoms with van der Waals surface area (Å²) in [6, 6.07) is -10.3. The summed E-state index contributed by atoms with van der Waals surface area (Å²) >= 11 is 0. The molecule has 5 N–H and O–H groups in total. The van der Waals surface area contributed by atoms with Gasteiger partial charge in [-0.3, -0.25) is 52.7 Å². The Bertz CT molecular complexity index is 2240. The second kappa shape index (κ2) is 33.9. The fraction of sp³-hybridized carbons (Fsp3) is 0.783. The highest BCUT2D eigenvalue weighted by Gasteiger charge is 2.44. The summed E-state index contributed by atoms with van der Waals surface area (Å²) in [6.45, 7) is 27.8. The predicted octanol–water partition coefficient (Wildman–Crippen LogP) is 3.85. The van der Waals surface area contributed by atoms with Crippen molar-refractivity contribution in [1.29, 1.82) is 0 Å². The van der Waals surface area contributed by atoms with Crippen LogP contribution in [0.1, 0.15) is 169 Å². The predicted molar refractivity (Wildman–Crippen MR) is 318 cm³/mol. The summed E-state index contributed by atoms with van der Waals surface area (Å²) in [6.07, 6.45) is 5.89. The molecule has 22 nitrogen and oxygen atoms in total. The Morgan fingerprint density at radius 3 is 1.38 bits per heavy atom. The molecule has 0 radical (unpaired) electrons. The number of hydrogen-bond acceptors (Lipinski definition) is 11. The van der Waals surface area contributed by atoms with Crippen molar-refractivity contribution in [3.05, 3.63) is 12.2 Å². The van der Waals surface area contributed by atoms with Crippen LogP contribution in [0.4, 0.5) is 0 Å². The van der Waals surface area contributed by atoms with Crippen LogP contribution in [0.2, 0.25) is 0 Å². The molecule has 468 valence electrons. The largest absolute Gasteiger partial charge is 0.343 e. The molecule has 22 heteroatoms. The SMILES string of the molecule is C/C=C/CCCC1(C)NC(=O)[C@H](C(C)C)N(C)C(=O)[C@H](CC(C)C)N(C)C(=O)[C@H](CC(C)C)N(C)C(=O)[C@@H](C)NC(=O)[C@H](C)NC(=O)[C@H](CC(C)C)N(C)C(=O)[C@H](CC)NC(=O)[C@H](CC(C)C)N(C)C(=O)CN(C)C(=O)[C@H](CC)NC1=O. The molecule has 0 saturated carbocycles. The van der Waals surface area contributed by atoms with Gasteiger partial charge < -0.3 is 56.0 Å². The van der Waals surface area contributed by atoms with E-state index in [0.717, 1.165) is 4.90 Å². The van der Waals surface area contributed by atoms with Gasteiger partial charge in [-0.15, -0.1) is 0 Å². The summed E-state index contributed by atoms with van der Waals surface area (Å²) in [5, 5.41) is 14.0. The lowest BCUT2D eigenvalue weighted by Gasteiger charge is -2.40. The van der Waals surface area contributed by atoms with Gasteiger partial charge in [0.2, 0.25) is 65.0 Å². The number of rotatable bonds is 15. The molecule has 1 rings (SSSR count). The fourth-order valence-electron chi connectivity index (χ4n) is 10.3. The molecule has 0 spiro atoms. The second-order valence-electron chi connectivity index (χ2n) is 24.9. The number of unbranched alkanes of at least 4 members (excludes halogenated alkanes) is 1. The molecule has 0 bridgehead atoms. The average Bonchev–Trinajstić information content (AvgIpc) is 3.50. The molecule has 1 unspecified atom stereocenters. The van der Waals surface area contributed by atoms with Crippen LogP contribution >= 0.6 is 0 Å². The first kappa shape index (κ1) is 73.9. The Morgan fingerprint density at radius 2 is 0.915 bits per heavy atom. The second-order valence-corrected chi connectivity index (χ2v) is 24.9. The molecule has 0 aliphatic carbocycles. The van der Waals surface area contributed by atoms with Gasteiger partial charge in [0.05, 0.1) is 6.54 Å². The Balaban J connectivity index is 4.20. The third kappa shape index (κ3) is 21.3. The quantitative estimate of drug-likeness (QED) is 0.116. The molecule has 1 saturated heterocycles. The van der Waals surface area contributed by atoms with Crippen LogP contribution in [0, 0.1) is 29.6 Å². The monoisotopic (exact) mass is 1160 g/mol. The maximum absolute atomic E-state index is 15.0. The molecule has 10 atom stereocenters. The van der Waals surface area contributed by atoms with Crippen molar-refractivity contribution in [1.82, 2.24) is 56.0 Å². The van der Waals surface area contributed by atoms with Crippen molar-refractivity contribution >= 4 is 65.0 Å². The number of carbonyl (C=O) groups is 11. The third-order valence-corrected chi connectivity index (χ3v) is 15.4. The number of hydrogen-bond donors (Lipinski definition) is 5. The molecule has 11 amide bonds. The molecule has 1 fully saturated rings. The molecule has 0 aromatic rings. The molecule has 1 aliphatic heterocycles. The van der Waals surface area contributed by atoms with Crippen LogP contribution in [0.25, 0.3) is 0 Å². The standard InChI is InChI=1S/C60H107N11O11/c1-23-26-27-28-29-60(16)59(82)64-42(24-2)55(78)66(17)34-48(72)67(18)44(30-35(4)5)52(75)63-43(25-3)56(79)68(19)45(31-36(6)7)51(74)61-40(14)50(73)62-41(15)54(77)69(20)46(32-37(8)9)57(80)70(21)47(33-38(10)11)58(81)71(22)49(39(12)13)53(76)65-60/h23,26,35-47,49H,24-25,27-34H2,1-22H3,(H,61,74)(H,62,73)(H,63,75)(H,64,82)(H,65,76)/b26-23+/t40-,41+,42-,43-,44-,45-,46-,47-,49-,60?/m0/s1. The van der Waals surface area contributed by atoms with E-state index in [1.807, 2.05) is 74.5 Å². The minimum atomic E-state index is -1.62. The fourth-order valence-corrected chi connectivity index (χ4v) is 10.3. The summed E-state index contributed by atoms with van der Waals surface area (Å²) in [7, 11) is 8.70. The van der Waals surface area contributed by atoms with Gasteiger partial charge in [0, 0.05) is 42.3 Å². The van der Waals surface area contributed by atoms with E-state index in [4.69, 9.17) is 0 Å². The van der Waals surface area contributed by atoms with Gasteiger partial charge in [0.25, 0.3) is 0 Å². The number of allylic oxidation sites excluding steroid dienone is 2. The van der Waals surface area contributed by atoms with E-state index in [2.05, 4.69) is 26.6 Å². The zero-order chi connectivity index (χ0) is 63.4. The van der Waals surface area contributed by atoms with Gasteiger partial charge in [0.15, 0.2) is 0 Å². The van der Waals surface area contributed by atoms with Crippen LogP contribution < -0.4 is 26.6 Å². The topological polar surface area (TPSA) is 267 Å². The molecule has 0 aromatic heterocycles. The van der Waals surface area contributed by atoms with Crippen LogP contribution in [0.15, 0.2) is 12.2 Å². The van der Waals surface area contributed by atoms with E-state index in [-0.39, 0.29) is 68.6 Å². The van der Waals surface area contributed by atoms with Gasteiger partial charge in [-0.1, -0.05) is 95.2 Å². The van der Waals surface area contributed by atoms with Gasteiger partial charge in [-0.25, -0.2) is 0 Å². The van der Waals surface area contributed by atoms with Crippen molar-refractivity contribution in [2.45, 2.75) is 228 Å². The van der Waals surface area contributed by atoms with Crippen molar-refractivity contribution in [2.24, 2.45) is 29.6 Å². The average molecular weight is 1160 g/mol. The van der Waals surface area contributed by atoms with Crippen molar-refractivity contribution in [3.8, 4) is 0 Å². The van der Waals surface area contributed by atoms with Crippen molar-refractivity contribution < 1.29 is 52.7 Å². The van der Waals surface area contributed by atoms with Gasteiger partial charge in [-0.2, -0.15) is 0 Å². The zero-order valence-corrected chi connectivity index (χ0v) is 54.0. The highest BCUT2D eigenvalue weighted by Crippen LogP contribution is 2.24. The highest BCUT2D eigenvalue weighted by atomic mass is 16.2. The van der Waals surface area contributed by atoms with Crippen LogP contribution in [-0.4, -0.2) is 203 Å². The van der Waals surface area contributed by atoms with Gasteiger partial charge in [-0.05, 0) is 115 Å². The Hall–Kier alpha value is -6.09. The van der Waals surface area contributed by atoms with Gasteiger partial charge >= 0.3 is 0 Å². The van der Waals surface area contributed by atoms with Crippen molar-refractivity contribution in [3.63, 3.8) is 0 Å². The van der Waals surface area contributed by atoms with E-state index in [1.165, 1.54) is 80.6 Å². The Morgan fingerprint density at radius 1 is 0.500 bits per heavy atom. The number of amides is 11. The lowest BCUT2D eigenvalue weighted by Crippen LogP contribution is -2.64. The highest BCUT2D eigenvalue weighted by molar-refractivity contribution is 6.00. The van der Waals surface area contributed by atoms with E-state index in [1.54, 1.807) is 34.6 Å². The molecule has 0 aromatic carbocycles. The smallest absolute Gasteiger partial charge is 0.246 e. The third-order valence-electron chi connectivity index (χ3n) is 15.4. The number of carbonyl (C=O) groups excluding carboxylic acids is 11. The lowest BCUT2D eigenvalue weighted by molar-refractivity contribution is -0.154. The molecular weight excluding hydrogens is 1050 g/mol. The normalized spacial score (nSPS) is 27.4. The lowest BCUT2D eigenvalue weighted by atomic mass is 9.90. The van der Waals surface area contributed by atoms with E-state index < -0.39 is 137 Å². The first-order valence-electron chi connectivity index (χ1n) is 29.7. The first-order valence-corrected chi connectivity index (χ1v) is 29.7. The van der Waals surface area contributed by atoms with Crippen LogP contribution in [0.5, 0.6) is 0 Å². The van der Waals surface area contributed by atoms with E-state index >= 15 is 0 Å². The maximum atomic E-state index is 15.0. The molecule has 1 heterocycles. The molecule has 82 heavy (non-hydrogen) atoms. The molecule has 1 aliphatic rings. The number of nitrogens with one attached hydrogen (secondary N) is 5. The van der Waals surface area contributed by atoms with E-state index in [0.29, 0.717) is 12.8 Å². The van der Waals surface area contributed by atoms with Crippen molar-refractivity contribution in [2.75, 3.05) is 48.8 Å². The minimum Gasteiger partial charge on any atom is -0.343 e. The van der Waals surface area contributed by atoms with Crippen LogP contribution in [0.3, 0.4) is 0 Å². The summed E-state index contributed by atoms with van der Waals surface area (Å²) in [5.41, 5.74) is -1.62. The Kier molecular flexibility index (Phi) is 30.5. The number of likely N-dealkylation sites (N-methyl/N-ethyl adjacent to an activating group) is 6. The molecular formula is C60H107N11O11.